The average Bonchev–Trinajstić information content (AvgIpc) is 2.74. The number of nitrogens with one attached hydrogen (secondary N) is 1. The van der Waals surface area contributed by atoms with Gasteiger partial charge in [0.2, 0.25) is 5.79 Å². The van der Waals surface area contributed by atoms with Gasteiger partial charge in [0.1, 0.15) is 12.4 Å². The van der Waals surface area contributed by atoms with Crippen molar-refractivity contribution in [2.45, 2.75) is 32.3 Å². The standard InChI is InChI=1S/C24H29NO3/c1-19(2)25-17-24(26-3,28-16-20-10-5-4-6-11-20)18-27-23-15-9-13-21-12-7-8-14-22(21)23/h4-15,19,25H,16-18H2,1-3H3. The van der Waals surface area contributed by atoms with Crippen LogP contribution in [0.5, 0.6) is 5.75 Å². The molecule has 0 heterocycles. The predicted octanol–water partition coefficient (Wildman–Crippen LogP) is 4.78. The monoisotopic (exact) mass is 379 g/mol. The topological polar surface area (TPSA) is 39.7 Å². The van der Waals surface area contributed by atoms with Gasteiger partial charge in [-0.15, -0.1) is 0 Å². The molecule has 0 bridgehead atoms. The first kappa shape index (κ1) is 20.3. The molecular formula is C24H29NO3. The molecule has 1 atom stereocenters. The molecule has 0 amide bonds. The number of rotatable bonds is 10. The molecule has 0 aliphatic heterocycles. The van der Waals surface area contributed by atoms with Crippen molar-refractivity contribution >= 4 is 10.8 Å². The summed E-state index contributed by atoms with van der Waals surface area (Å²) in [6.45, 7) is 5.46. The molecule has 3 aromatic rings. The zero-order valence-electron chi connectivity index (χ0n) is 16.9. The molecule has 1 unspecified atom stereocenters. The van der Waals surface area contributed by atoms with Gasteiger partial charge in [0.25, 0.3) is 0 Å². The van der Waals surface area contributed by atoms with Crippen LogP contribution in [0.2, 0.25) is 0 Å². The van der Waals surface area contributed by atoms with Gasteiger partial charge in [0, 0.05) is 18.5 Å². The predicted molar refractivity (Wildman–Crippen MR) is 114 cm³/mol. The molecule has 0 aromatic heterocycles. The molecule has 3 aromatic carbocycles. The zero-order valence-corrected chi connectivity index (χ0v) is 16.9. The van der Waals surface area contributed by atoms with E-state index in [1.54, 1.807) is 7.11 Å². The second-order valence-corrected chi connectivity index (χ2v) is 7.19. The lowest BCUT2D eigenvalue weighted by molar-refractivity contribution is -0.240. The Balaban J connectivity index is 1.77. The van der Waals surface area contributed by atoms with Gasteiger partial charge in [-0.1, -0.05) is 80.6 Å². The Morgan fingerprint density at radius 2 is 1.61 bits per heavy atom. The maximum atomic E-state index is 6.24. The Morgan fingerprint density at radius 3 is 2.36 bits per heavy atom. The lowest BCUT2D eigenvalue weighted by Crippen LogP contribution is -2.50. The molecule has 4 nitrogen and oxygen atoms in total. The van der Waals surface area contributed by atoms with E-state index >= 15 is 0 Å². The van der Waals surface area contributed by atoms with Gasteiger partial charge in [-0.3, -0.25) is 0 Å². The van der Waals surface area contributed by atoms with E-state index in [1.807, 2.05) is 54.6 Å². The second-order valence-electron chi connectivity index (χ2n) is 7.19. The molecule has 3 rings (SSSR count). The Labute approximate surface area is 167 Å². The summed E-state index contributed by atoms with van der Waals surface area (Å²) in [6, 6.07) is 24.7. The van der Waals surface area contributed by atoms with E-state index in [0.29, 0.717) is 19.2 Å². The minimum atomic E-state index is -0.892. The first-order chi connectivity index (χ1) is 13.6. The van der Waals surface area contributed by atoms with Gasteiger partial charge >= 0.3 is 0 Å². The fourth-order valence-corrected chi connectivity index (χ4v) is 2.99. The van der Waals surface area contributed by atoms with Crippen molar-refractivity contribution in [2.75, 3.05) is 20.3 Å². The number of ether oxygens (including phenoxy) is 3. The summed E-state index contributed by atoms with van der Waals surface area (Å²) in [5, 5.41) is 5.64. The van der Waals surface area contributed by atoms with E-state index in [-0.39, 0.29) is 6.61 Å². The molecule has 0 saturated heterocycles. The van der Waals surface area contributed by atoms with Crippen LogP contribution in [0, 0.1) is 0 Å². The van der Waals surface area contributed by atoms with Crippen molar-refractivity contribution < 1.29 is 14.2 Å². The van der Waals surface area contributed by atoms with E-state index in [2.05, 4.69) is 37.4 Å². The lowest BCUT2D eigenvalue weighted by Gasteiger charge is -2.33. The van der Waals surface area contributed by atoms with Crippen LogP contribution in [0.4, 0.5) is 0 Å². The Hall–Kier alpha value is -2.40. The smallest absolute Gasteiger partial charge is 0.215 e. The van der Waals surface area contributed by atoms with Crippen LogP contribution in [0.3, 0.4) is 0 Å². The van der Waals surface area contributed by atoms with Crippen LogP contribution in [0.25, 0.3) is 10.8 Å². The summed E-state index contributed by atoms with van der Waals surface area (Å²) in [5.74, 6) is -0.0655. The molecule has 0 radical (unpaired) electrons. The van der Waals surface area contributed by atoms with Crippen molar-refractivity contribution in [2.24, 2.45) is 0 Å². The number of benzene rings is 3. The van der Waals surface area contributed by atoms with Crippen molar-refractivity contribution in [3.63, 3.8) is 0 Å². The minimum Gasteiger partial charge on any atom is -0.487 e. The van der Waals surface area contributed by atoms with Gasteiger partial charge in [-0.05, 0) is 17.0 Å². The van der Waals surface area contributed by atoms with Crippen LogP contribution < -0.4 is 10.1 Å². The fraction of sp³-hybridized carbons (Fsp3) is 0.333. The lowest BCUT2D eigenvalue weighted by atomic mass is 10.1. The van der Waals surface area contributed by atoms with E-state index in [4.69, 9.17) is 14.2 Å². The van der Waals surface area contributed by atoms with Crippen molar-refractivity contribution in [1.82, 2.24) is 5.32 Å². The summed E-state index contributed by atoms with van der Waals surface area (Å²) in [6.07, 6.45) is 0. The third-order valence-electron chi connectivity index (χ3n) is 4.69. The van der Waals surface area contributed by atoms with Crippen molar-refractivity contribution in [3.8, 4) is 5.75 Å². The molecule has 0 fully saturated rings. The minimum absolute atomic E-state index is 0.282. The molecule has 28 heavy (non-hydrogen) atoms. The highest BCUT2D eigenvalue weighted by molar-refractivity contribution is 5.88. The Kier molecular flexibility index (Phi) is 7.04. The summed E-state index contributed by atoms with van der Waals surface area (Å²) in [4.78, 5) is 0. The fourth-order valence-electron chi connectivity index (χ4n) is 2.99. The Bertz CT molecular complexity index is 861. The molecule has 0 aliphatic rings. The third-order valence-corrected chi connectivity index (χ3v) is 4.69. The summed E-state index contributed by atoms with van der Waals surface area (Å²) >= 11 is 0. The number of methoxy groups -OCH3 is 1. The molecular weight excluding hydrogens is 350 g/mol. The maximum Gasteiger partial charge on any atom is 0.215 e. The van der Waals surface area contributed by atoms with Gasteiger partial charge in [0.05, 0.1) is 13.2 Å². The molecule has 0 saturated carbocycles. The quantitative estimate of drug-likeness (QED) is 0.515. The molecule has 0 spiro atoms. The highest BCUT2D eigenvalue weighted by Gasteiger charge is 2.32. The highest BCUT2D eigenvalue weighted by Crippen LogP contribution is 2.27. The summed E-state index contributed by atoms with van der Waals surface area (Å²) in [5.41, 5.74) is 1.10. The normalized spacial score (nSPS) is 13.6. The van der Waals surface area contributed by atoms with Gasteiger partial charge < -0.3 is 19.5 Å². The van der Waals surface area contributed by atoms with Gasteiger partial charge in [-0.2, -0.15) is 0 Å². The summed E-state index contributed by atoms with van der Waals surface area (Å²) < 4.78 is 18.3. The first-order valence-electron chi connectivity index (χ1n) is 9.69. The second kappa shape index (κ2) is 9.69. The number of fused-ring (bicyclic) bond motifs is 1. The SMILES string of the molecule is COC(CNC(C)C)(COc1cccc2ccccc12)OCc1ccccc1. The summed E-state index contributed by atoms with van der Waals surface area (Å²) in [7, 11) is 1.67. The molecule has 148 valence electrons. The highest BCUT2D eigenvalue weighted by atomic mass is 16.7. The molecule has 0 aliphatic carbocycles. The van der Waals surface area contributed by atoms with Crippen LogP contribution in [-0.2, 0) is 16.1 Å². The van der Waals surface area contributed by atoms with Crippen LogP contribution in [0.1, 0.15) is 19.4 Å². The van der Waals surface area contributed by atoms with Gasteiger partial charge in [-0.25, -0.2) is 0 Å². The van der Waals surface area contributed by atoms with Crippen molar-refractivity contribution in [3.05, 3.63) is 78.4 Å². The van der Waals surface area contributed by atoms with Crippen LogP contribution in [0.15, 0.2) is 72.8 Å². The first-order valence-corrected chi connectivity index (χ1v) is 9.69. The van der Waals surface area contributed by atoms with Gasteiger partial charge in [0.15, 0.2) is 0 Å². The molecule has 4 heteroatoms. The molecule has 1 N–H and O–H groups in total. The van der Waals surface area contributed by atoms with E-state index < -0.39 is 5.79 Å². The largest absolute Gasteiger partial charge is 0.487 e. The Morgan fingerprint density at radius 1 is 0.893 bits per heavy atom. The third kappa shape index (κ3) is 5.32. The van der Waals surface area contributed by atoms with Crippen LogP contribution >= 0.6 is 0 Å². The van der Waals surface area contributed by atoms with Crippen molar-refractivity contribution in [1.29, 1.82) is 0 Å². The van der Waals surface area contributed by atoms with E-state index in [1.165, 1.54) is 0 Å². The number of hydrogen-bond acceptors (Lipinski definition) is 4. The zero-order chi connectivity index (χ0) is 19.8. The van der Waals surface area contributed by atoms with E-state index in [0.717, 1.165) is 22.1 Å². The number of hydrogen-bond donors (Lipinski definition) is 1. The van der Waals surface area contributed by atoms with E-state index in [9.17, 15) is 0 Å². The average molecular weight is 380 g/mol. The van der Waals surface area contributed by atoms with Crippen LogP contribution in [-0.4, -0.2) is 32.1 Å². The maximum absolute atomic E-state index is 6.24.